The number of halogens is 1. The largest absolute Gasteiger partial charge is 0.393 e. The highest BCUT2D eigenvalue weighted by Gasteiger charge is 2.21. The molecule has 0 saturated carbocycles. The van der Waals surface area contributed by atoms with E-state index in [0.29, 0.717) is 25.9 Å². The van der Waals surface area contributed by atoms with Gasteiger partial charge in [0.15, 0.2) is 0 Å². The van der Waals surface area contributed by atoms with Crippen molar-refractivity contribution in [3.05, 3.63) is 35.6 Å². The summed E-state index contributed by atoms with van der Waals surface area (Å²) < 4.78 is 13.0. The lowest BCUT2D eigenvalue weighted by Gasteiger charge is -2.29. The second-order valence-electron chi connectivity index (χ2n) is 4.80. The fourth-order valence-electron chi connectivity index (χ4n) is 2.11. The number of aliphatic hydroxyl groups is 1. The Labute approximate surface area is 116 Å². The molecule has 1 saturated heterocycles. The predicted octanol–water partition coefficient (Wildman–Crippen LogP) is 0.539. The second kappa shape index (κ2) is 6.47. The van der Waals surface area contributed by atoms with E-state index >= 15 is 0 Å². The van der Waals surface area contributed by atoms with E-state index < -0.39 is 11.7 Å². The molecule has 0 aromatic heterocycles. The van der Waals surface area contributed by atoms with Gasteiger partial charge in [0.1, 0.15) is 5.82 Å². The SMILES string of the molecule is O=C(NCC(=O)N1CCC(O)CC1)c1cccc(F)c1. The number of amides is 2. The fraction of sp³-hybridized carbons (Fsp3) is 0.429. The molecule has 1 fully saturated rings. The van der Waals surface area contributed by atoms with E-state index in [0.717, 1.165) is 6.07 Å². The van der Waals surface area contributed by atoms with Crippen LogP contribution in [0, 0.1) is 5.82 Å². The summed E-state index contributed by atoms with van der Waals surface area (Å²) >= 11 is 0. The van der Waals surface area contributed by atoms with Crippen LogP contribution in [0.1, 0.15) is 23.2 Å². The van der Waals surface area contributed by atoms with Crippen LogP contribution in [0.4, 0.5) is 4.39 Å². The number of nitrogens with one attached hydrogen (secondary N) is 1. The minimum Gasteiger partial charge on any atom is -0.393 e. The van der Waals surface area contributed by atoms with Crippen molar-refractivity contribution in [1.29, 1.82) is 0 Å². The van der Waals surface area contributed by atoms with Crippen LogP contribution in [-0.2, 0) is 4.79 Å². The van der Waals surface area contributed by atoms with E-state index in [2.05, 4.69) is 5.32 Å². The molecule has 0 aliphatic carbocycles. The number of piperidine rings is 1. The van der Waals surface area contributed by atoms with Crippen LogP contribution in [0.25, 0.3) is 0 Å². The molecule has 1 aromatic carbocycles. The summed E-state index contributed by atoms with van der Waals surface area (Å²) in [4.78, 5) is 25.2. The molecule has 1 aromatic rings. The maximum absolute atomic E-state index is 13.0. The van der Waals surface area contributed by atoms with Gasteiger partial charge in [-0.25, -0.2) is 4.39 Å². The Balaban J connectivity index is 1.82. The van der Waals surface area contributed by atoms with Crippen LogP contribution >= 0.6 is 0 Å². The third kappa shape index (κ3) is 3.77. The summed E-state index contributed by atoms with van der Waals surface area (Å²) in [6.07, 6.45) is 0.772. The lowest BCUT2D eigenvalue weighted by molar-refractivity contribution is -0.132. The van der Waals surface area contributed by atoms with Gasteiger partial charge in [-0.2, -0.15) is 0 Å². The lowest BCUT2D eigenvalue weighted by atomic mass is 10.1. The molecule has 0 spiro atoms. The molecule has 2 amide bonds. The minimum atomic E-state index is -0.492. The van der Waals surface area contributed by atoms with Crippen molar-refractivity contribution in [1.82, 2.24) is 10.2 Å². The quantitative estimate of drug-likeness (QED) is 0.849. The van der Waals surface area contributed by atoms with Crippen molar-refractivity contribution < 1.29 is 19.1 Å². The van der Waals surface area contributed by atoms with Gasteiger partial charge in [0, 0.05) is 18.7 Å². The zero-order valence-corrected chi connectivity index (χ0v) is 11.0. The monoisotopic (exact) mass is 280 g/mol. The van der Waals surface area contributed by atoms with Crippen LogP contribution in [0.3, 0.4) is 0 Å². The van der Waals surface area contributed by atoms with Crippen LogP contribution in [-0.4, -0.2) is 47.6 Å². The number of aliphatic hydroxyl groups excluding tert-OH is 1. The first kappa shape index (κ1) is 14.5. The Morgan fingerprint density at radius 2 is 2.05 bits per heavy atom. The van der Waals surface area contributed by atoms with Crippen molar-refractivity contribution in [2.45, 2.75) is 18.9 Å². The Morgan fingerprint density at radius 1 is 1.35 bits per heavy atom. The number of benzene rings is 1. The molecule has 0 radical (unpaired) electrons. The summed E-state index contributed by atoms with van der Waals surface area (Å²) in [7, 11) is 0. The van der Waals surface area contributed by atoms with Crippen molar-refractivity contribution in [3.63, 3.8) is 0 Å². The van der Waals surface area contributed by atoms with E-state index in [4.69, 9.17) is 0 Å². The van der Waals surface area contributed by atoms with Crippen LogP contribution in [0.5, 0.6) is 0 Å². The molecule has 0 bridgehead atoms. The van der Waals surface area contributed by atoms with Crippen molar-refractivity contribution in [3.8, 4) is 0 Å². The van der Waals surface area contributed by atoms with Gasteiger partial charge >= 0.3 is 0 Å². The first-order valence-electron chi connectivity index (χ1n) is 6.56. The number of carbonyl (C=O) groups excluding carboxylic acids is 2. The molecule has 2 rings (SSSR count). The number of hydrogen-bond donors (Lipinski definition) is 2. The predicted molar refractivity (Wildman–Crippen MR) is 70.6 cm³/mol. The Hall–Kier alpha value is -1.95. The molecule has 20 heavy (non-hydrogen) atoms. The highest BCUT2D eigenvalue weighted by Crippen LogP contribution is 2.09. The first-order valence-corrected chi connectivity index (χ1v) is 6.56. The molecule has 2 N–H and O–H groups in total. The molecule has 5 nitrogen and oxygen atoms in total. The third-order valence-corrected chi connectivity index (χ3v) is 3.30. The molecule has 0 atom stereocenters. The van der Waals surface area contributed by atoms with Gasteiger partial charge in [0.05, 0.1) is 12.6 Å². The molecular formula is C14H17FN2O3. The number of nitrogens with zero attached hydrogens (tertiary/aromatic N) is 1. The van der Waals surface area contributed by atoms with Crippen molar-refractivity contribution in [2.24, 2.45) is 0 Å². The van der Waals surface area contributed by atoms with Crippen LogP contribution in [0.15, 0.2) is 24.3 Å². The molecule has 6 heteroatoms. The zero-order valence-electron chi connectivity index (χ0n) is 11.0. The summed E-state index contributed by atoms with van der Waals surface area (Å²) in [5.41, 5.74) is 0.187. The Morgan fingerprint density at radius 3 is 2.70 bits per heavy atom. The van der Waals surface area contributed by atoms with E-state index in [-0.39, 0.29) is 24.1 Å². The summed E-state index contributed by atoms with van der Waals surface area (Å²) in [5.74, 6) is -1.16. The highest BCUT2D eigenvalue weighted by atomic mass is 19.1. The summed E-state index contributed by atoms with van der Waals surface area (Å²) in [6.45, 7) is 0.872. The minimum absolute atomic E-state index is 0.120. The summed E-state index contributed by atoms with van der Waals surface area (Å²) in [5, 5.41) is 11.8. The standard InChI is InChI=1S/C14H17FN2O3/c15-11-3-1-2-10(8-11)14(20)16-9-13(19)17-6-4-12(18)5-7-17/h1-3,8,12,18H,4-7,9H2,(H,16,20). The first-order chi connectivity index (χ1) is 9.56. The van der Waals surface area contributed by atoms with E-state index in [1.54, 1.807) is 4.90 Å². The normalized spacial score (nSPS) is 16.0. The number of carbonyl (C=O) groups is 2. The second-order valence-corrected chi connectivity index (χ2v) is 4.80. The van der Waals surface area contributed by atoms with Crippen molar-refractivity contribution in [2.75, 3.05) is 19.6 Å². The van der Waals surface area contributed by atoms with Crippen LogP contribution < -0.4 is 5.32 Å². The average Bonchev–Trinajstić information content (AvgIpc) is 2.45. The number of rotatable bonds is 3. The van der Waals surface area contributed by atoms with E-state index in [1.165, 1.54) is 18.2 Å². The van der Waals surface area contributed by atoms with Crippen LogP contribution in [0.2, 0.25) is 0 Å². The topological polar surface area (TPSA) is 69.6 Å². The molecule has 0 unspecified atom stereocenters. The smallest absolute Gasteiger partial charge is 0.251 e. The van der Waals surface area contributed by atoms with Gasteiger partial charge in [-0.15, -0.1) is 0 Å². The molecule has 1 aliphatic heterocycles. The van der Waals surface area contributed by atoms with Crippen molar-refractivity contribution >= 4 is 11.8 Å². The highest BCUT2D eigenvalue weighted by molar-refractivity contribution is 5.96. The molecule has 108 valence electrons. The average molecular weight is 280 g/mol. The maximum atomic E-state index is 13.0. The molecule has 1 aliphatic rings. The number of hydrogen-bond acceptors (Lipinski definition) is 3. The lowest BCUT2D eigenvalue weighted by Crippen LogP contribution is -2.45. The fourth-order valence-corrected chi connectivity index (χ4v) is 2.11. The summed E-state index contributed by atoms with van der Waals surface area (Å²) in [6, 6.07) is 5.30. The maximum Gasteiger partial charge on any atom is 0.251 e. The van der Waals surface area contributed by atoms with Gasteiger partial charge < -0.3 is 15.3 Å². The van der Waals surface area contributed by atoms with E-state index in [1.807, 2.05) is 0 Å². The Kier molecular flexibility index (Phi) is 4.68. The third-order valence-electron chi connectivity index (χ3n) is 3.30. The van der Waals surface area contributed by atoms with E-state index in [9.17, 15) is 19.1 Å². The zero-order chi connectivity index (χ0) is 14.5. The van der Waals surface area contributed by atoms with Gasteiger partial charge in [-0.05, 0) is 31.0 Å². The van der Waals surface area contributed by atoms with Gasteiger partial charge in [0.2, 0.25) is 5.91 Å². The number of likely N-dealkylation sites (tertiary alicyclic amines) is 1. The molecule has 1 heterocycles. The van der Waals surface area contributed by atoms with Gasteiger partial charge in [0.25, 0.3) is 5.91 Å². The Bertz CT molecular complexity index is 499. The van der Waals surface area contributed by atoms with Gasteiger partial charge in [-0.1, -0.05) is 6.07 Å². The molecular weight excluding hydrogens is 263 g/mol. The van der Waals surface area contributed by atoms with Gasteiger partial charge in [-0.3, -0.25) is 9.59 Å².